The summed E-state index contributed by atoms with van der Waals surface area (Å²) in [6, 6.07) is 16.0. The highest BCUT2D eigenvalue weighted by Crippen LogP contribution is 2.22. The molecule has 0 aliphatic heterocycles. The molecular weight excluding hydrogens is 294 g/mol. The van der Waals surface area contributed by atoms with Crippen LogP contribution in [0.2, 0.25) is 0 Å². The van der Waals surface area contributed by atoms with Gasteiger partial charge in [-0.15, -0.1) is 11.3 Å². The van der Waals surface area contributed by atoms with E-state index in [9.17, 15) is 4.79 Å². The number of ether oxygens (including phenoxy) is 1. The second-order valence-electron chi connectivity index (χ2n) is 5.19. The molecule has 112 valence electrons. The van der Waals surface area contributed by atoms with Gasteiger partial charge in [0.15, 0.2) is 0 Å². The second-order valence-corrected chi connectivity index (χ2v) is 6.13. The predicted octanol–water partition coefficient (Wildman–Crippen LogP) is 4.18. The van der Waals surface area contributed by atoms with Gasteiger partial charge in [0.25, 0.3) is 5.91 Å². The number of nitrogens with zero attached hydrogens (tertiary/aromatic N) is 1. The summed E-state index contributed by atoms with van der Waals surface area (Å²) in [5, 5.41) is 4.20. The van der Waals surface area contributed by atoms with E-state index >= 15 is 0 Å². The van der Waals surface area contributed by atoms with Crippen molar-refractivity contribution in [2.24, 2.45) is 0 Å². The molecule has 0 unspecified atom stereocenters. The monoisotopic (exact) mass is 311 g/mol. The largest absolute Gasteiger partial charge is 0.497 e. The summed E-state index contributed by atoms with van der Waals surface area (Å²) >= 11 is 1.47. The molecule has 0 radical (unpaired) electrons. The highest BCUT2D eigenvalue weighted by atomic mass is 32.1. The van der Waals surface area contributed by atoms with Crippen molar-refractivity contribution >= 4 is 28.0 Å². The molecule has 1 aromatic heterocycles. The van der Waals surface area contributed by atoms with Crippen molar-refractivity contribution in [2.45, 2.75) is 6.54 Å². The van der Waals surface area contributed by atoms with Gasteiger partial charge in [0.1, 0.15) is 5.75 Å². The Bertz CT molecular complexity index is 796. The predicted molar refractivity (Wildman–Crippen MR) is 90.6 cm³/mol. The first kappa shape index (κ1) is 14.6. The van der Waals surface area contributed by atoms with Crippen LogP contribution in [0.25, 0.3) is 10.8 Å². The third kappa shape index (κ3) is 2.97. The number of thiophene rings is 1. The first-order valence-corrected chi connectivity index (χ1v) is 7.91. The van der Waals surface area contributed by atoms with Crippen molar-refractivity contribution in [3.63, 3.8) is 0 Å². The lowest BCUT2D eigenvalue weighted by Gasteiger charge is -2.16. The van der Waals surface area contributed by atoms with Crippen LogP contribution in [0.1, 0.15) is 15.2 Å². The SMILES string of the molecule is COc1ccc2cc(CN(C)C(=O)c3cccs3)ccc2c1. The summed E-state index contributed by atoms with van der Waals surface area (Å²) in [5.74, 6) is 0.912. The van der Waals surface area contributed by atoms with Gasteiger partial charge in [0.2, 0.25) is 0 Å². The molecule has 0 bridgehead atoms. The third-order valence-electron chi connectivity index (χ3n) is 3.61. The van der Waals surface area contributed by atoms with Crippen molar-refractivity contribution in [2.75, 3.05) is 14.2 Å². The van der Waals surface area contributed by atoms with E-state index in [4.69, 9.17) is 4.74 Å². The van der Waals surface area contributed by atoms with E-state index in [1.54, 1.807) is 12.0 Å². The van der Waals surface area contributed by atoms with E-state index in [0.717, 1.165) is 27.0 Å². The summed E-state index contributed by atoms with van der Waals surface area (Å²) in [4.78, 5) is 14.8. The number of carbonyl (C=O) groups is 1. The second kappa shape index (κ2) is 6.20. The Kier molecular flexibility index (Phi) is 4.11. The molecule has 3 aromatic rings. The van der Waals surface area contributed by atoms with Gasteiger partial charge >= 0.3 is 0 Å². The molecule has 22 heavy (non-hydrogen) atoms. The van der Waals surface area contributed by atoms with Crippen molar-refractivity contribution < 1.29 is 9.53 Å². The number of hydrogen-bond donors (Lipinski definition) is 0. The molecule has 2 aromatic carbocycles. The maximum absolute atomic E-state index is 12.3. The highest BCUT2D eigenvalue weighted by Gasteiger charge is 2.12. The van der Waals surface area contributed by atoms with Crippen LogP contribution in [0.15, 0.2) is 53.9 Å². The van der Waals surface area contributed by atoms with E-state index in [-0.39, 0.29) is 5.91 Å². The van der Waals surface area contributed by atoms with E-state index < -0.39 is 0 Å². The molecular formula is C18H17NO2S. The molecule has 0 fully saturated rings. The minimum Gasteiger partial charge on any atom is -0.497 e. The zero-order chi connectivity index (χ0) is 15.5. The van der Waals surface area contributed by atoms with Gasteiger partial charge in [-0.25, -0.2) is 0 Å². The minimum absolute atomic E-state index is 0.0600. The molecule has 1 heterocycles. The van der Waals surface area contributed by atoms with E-state index in [1.807, 2.05) is 42.8 Å². The maximum Gasteiger partial charge on any atom is 0.263 e. The Hall–Kier alpha value is -2.33. The lowest BCUT2D eigenvalue weighted by atomic mass is 10.1. The number of carbonyl (C=O) groups excluding carboxylic acids is 1. The van der Waals surface area contributed by atoms with Crippen molar-refractivity contribution in [3.8, 4) is 5.75 Å². The summed E-state index contributed by atoms with van der Waals surface area (Å²) < 4.78 is 5.24. The van der Waals surface area contributed by atoms with Crippen molar-refractivity contribution in [1.29, 1.82) is 0 Å². The van der Waals surface area contributed by atoms with Gasteiger partial charge < -0.3 is 9.64 Å². The van der Waals surface area contributed by atoms with Crippen LogP contribution >= 0.6 is 11.3 Å². The van der Waals surface area contributed by atoms with Crippen LogP contribution in [0.5, 0.6) is 5.75 Å². The average Bonchev–Trinajstić information content (AvgIpc) is 3.08. The molecule has 3 nitrogen and oxygen atoms in total. The van der Waals surface area contributed by atoms with Crippen LogP contribution < -0.4 is 4.74 Å². The smallest absolute Gasteiger partial charge is 0.263 e. The van der Waals surface area contributed by atoms with Gasteiger partial charge in [-0.3, -0.25) is 4.79 Å². The molecule has 0 spiro atoms. The van der Waals surface area contributed by atoms with Gasteiger partial charge in [-0.05, 0) is 46.0 Å². The number of rotatable bonds is 4. The molecule has 0 aliphatic carbocycles. The minimum atomic E-state index is 0.0600. The van der Waals surface area contributed by atoms with Crippen LogP contribution in [-0.4, -0.2) is 25.0 Å². The normalized spacial score (nSPS) is 10.6. The van der Waals surface area contributed by atoms with Crippen LogP contribution in [0, 0.1) is 0 Å². The molecule has 0 atom stereocenters. The third-order valence-corrected chi connectivity index (χ3v) is 4.47. The number of hydrogen-bond acceptors (Lipinski definition) is 3. The number of amides is 1. The van der Waals surface area contributed by atoms with E-state index in [0.29, 0.717) is 6.54 Å². The van der Waals surface area contributed by atoms with Gasteiger partial charge in [-0.1, -0.05) is 24.3 Å². The number of fused-ring (bicyclic) bond motifs is 1. The lowest BCUT2D eigenvalue weighted by Crippen LogP contribution is -2.25. The van der Waals surface area contributed by atoms with E-state index in [1.165, 1.54) is 11.3 Å². The van der Waals surface area contributed by atoms with Crippen LogP contribution in [0.3, 0.4) is 0 Å². The molecule has 4 heteroatoms. The Morgan fingerprint density at radius 2 is 1.91 bits per heavy atom. The molecule has 0 aliphatic rings. The Balaban J connectivity index is 1.80. The molecule has 1 amide bonds. The fourth-order valence-corrected chi connectivity index (χ4v) is 3.15. The topological polar surface area (TPSA) is 29.5 Å². The Morgan fingerprint density at radius 1 is 1.14 bits per heavy atom. The van der Waals surface area contributed by atoms with Crippen LogP contribution in [-0.2, 0) is 6.54 Å². The summed E-state index contributed by atoms with van der Waals surface area (Å²) in [6.07, 6.45) is 0. The average molecular weight is 311 g/mol. The Morgan fingerprint density at radius 3 is 2.64 bits per heavy atom. The van der Waals surface area contributed by atoms with Gasteiger partial charge in [0, 0.05) is 13.6 Å². The summed E-state index contributed by atoms with van der Waals surface area (Å²) in [7, 11) is 3.50. The number of benzene rings is 2. The number of methoxy groups -OCH3 is 1. The Labute approximate surface area is 133 Å². The first-order valence-electron chi connectivity index (χ1n) is 7.03. The molecule has 0 N–H and O–H groups in total. The van der Waals surface area contributed by atoms with Gasteiger partial charge in [-0.2, -0.15) is 0 Å². The fourth-order valence-electron chi connectivity index (χ4n) is 2.43. The maximum atomic E-state index is 12.3. The zero-order valence-corrected chi connectivity index (χ0v) is 13.4. The zero-order valence-electron chi connectivity index (χ0n) is 12.6. The quantitative estimate of drug-likeness (QED) is 0.723. The highest BCUT2D eigenvalue weighted by molar-refractivity contribution is 7.12. The summed E-state index contributed by atoms with van der Waals surface area (Å²) in [5.41, 5.74) is 1.12. The molecule has 3 rings (SSSR count). The molecule has 0 saturated carbocycles. The van der Waals surface area contributed by atoms with Crippen molar-refractivity contribution in [3.05, 3.63) is 64.4 Å². The standard InChI is InChI=1S/C18H17NO2S/c1-19(18(20)17-4-3-9-22-17)12-13-5-6-15-11-16(21-2)8-7-14(15)10-13/h3-11H,12H2,1-2H3. The summed E-state index contributed by atoms with van der Waals surface area (Å²) in [6.45, 7) is 0.596. The molecule has 0 saturated heterocycles. The van der Waals surface area contributed by atoms with Crippen LogP contribution in [0.4, 0.5) is 0 Å². The fraction of sp³-hybridized carbons (Fsp3) is 0.167. The first-order chi connectivity index (χ1) is 10.7. The van der Waals surface area contributed by atoms with Crippen molar-refractivity contribution in [1.82, 2.24) is 4.90 Å². The lowest BCUT2D eigenvalue weighted by molar-refractivity contribution is 0.0790. The van der Waals surface area contributed by atoms with Gasteiger partial charge in [0.05, 0.1) is 12.0 Å². The van der Waals surface area contributed by atoms with E-state index in [2.05, 4.69) is 18.2 Å².